The van der Waals surface area contributed by atoms with Crippen LogP contribution >= 0.6 is 23.1 Å². The molecular weight excluding hydrogens is 561 g/mol. The third-order valence-corrected chi connectivity index (χ3v) is 12.5. The summed E-state index contributed by atoms with van der Waals surface area (Å²) in [4.78, 5) is 4.07. The molecule has 3 aliphatic carbocycles. The lowest BCUT2D eigenvalue weighted by Crippen LogP contribution is -2.34. The Bertz CT molecular complexity index is 1940. The van der Waals surface area contributed by atoms with Crippen LogP contribution in [-0.2, 0) is 6.54 Å². The van der Waals surface area contributed by atoms with Crippen LogP contribution in [0.3, 0.4) is 0 Å². The van der Waals surface area contributed by atoms with Gasteiger partial charge in [0.15, 0.2) is 0 Å². The fourth-order valence-electron chi connectivity index (χ4n) is 7.87. The zero-order valence-corrected chi connectivity index (χ0v) is 25.7. The van der Waals surface area contributed by atoms with E-state index in [1.807, 2.05) is 11.3 Å². The molecule has 5 aliphatic rings. The number of rotatable bonds is 4. The van der Waals surface area contributed by atoms with Gasteiger partial charge in [-0.05, 0) is 96.5 Å². The van der Waals surface area contributed by atoms with Crippen LogP contribution in [0.25, 0.3) is 26.2 Å². The van der Waals surface area contributed by atoms with E-state index < -0.39 is 0 Å². The van der Waals surface area contributed by atoms with Crippen LogP contribution in [0.1, 0.15) is 41.9 Å². The largest absolute Gasteiger partial charge is 0.387 e. The van der Waals surface area contributed by atoms with E-state index in [1.54, 1.807) is 5.56 Å². The van der Waals surface area contributed by atoms with Gasteiger partial charge in [-0.15, -0.1) is 23.1 Å². The summed E-state index contributed by atoms with van der Waals surface area (Å²) in [6.45, 7) is 0.955. The van der Waals surface area contributed by atoms with Crippen molar-refractivity contribution >= 4 is 55.0 Å². The molecule has 1 N–H and O–H groups in total. The predicted octanol–water partition coefficient (Wildman–Crippen LogP) is 10.1. The van der Waals surface area contributed by atoms with Crippen molar-refractivity contribution in [2.45, 2.75) is 47.9 Å². The van der Waals surface area contributed by atoms with Crippen molar-refractivity contribution in [1.29, 1.82) is 0 Å². The Kier molecular flexibility index (Phi) is 6.26. The molecule has 5 unspecified atom stereocenters. The molecule has 2 aliphatic heterocycles. The van der Waals surface area contributed by atoms with Crippen LogP contribution in [-0.4, -0.2) is 11.3 Å². The molecular formula is C39H34N2S2. The molecule has 0 saturated heterocycles. The molecule has 0 spiro atoms. The maximum atomic E-state index is 3.47. The molecule has 0 bridgehead atoms. The number of hydrogen-bond acceptors (Lipinski definition) is 4. The van der Waals surface area contributed by atoms with Crippen LogP contribution in [0, 0.1) is 11.8 Å². The number of nitrogens with one attached hydrogen (secondary N) is 1. The van der Waals surface area contributed by atoms with Gasteiger partial charge in [-0.25, -0.2) is 0 Å². The first kappa shape index (κ1) is 25.7. The summed E-state index contributed by atoms with van der Waals surface area (Å²) in [6.07, 6.45) is 29.3. The quantitative estimate of drug-likeness (QED) is 0.237. The van der Waals surface area contributed by atoms with Gasteiger partial charge in [0.05, 0.1) is 6.04 Å². The van der Waals surface area contributed by atoms with Crippen molar-refractivity contribution < 1.29 is 0 Å². The van der Waals surface area contributed by atoms with E-state index in [0.717, 1.165) is 19.4 Å². The van der Waals surface area contributed by atoms with Gasteiger partial charge in [-0.3, -0.25) is 0 Å². The Morgan fingerprint density at radius 2 is 1.77 bits per heavy atom. The fourth-order valence-corrected chi connectivity index (χ4v) is 10.4. The Balaban J connectivity index is 1.01. The summed E-state index contributed by atoms with van der Waals surface area (Å²) in [5.74, 6) is 1.73. The molecule has 2 nitrogen and oxygen atoms in total. The van der Waals surface area contributed by atoms with Crippen molar-refractivity contribution in [2.75, 3.05) is 4.90 Å². The van der Waals surface area contributed by atoms with Crippen LogP contribution in [0.4, 0.5) is 5.69 Å². The average molecular weight is 595 g/mol. The summed E-state index contributed by atoms with van der Waals surface area (Å²) < 4.78 is 2.72. The second kappa shape index (κ2) is 10.5. The van der Waals surface area contributed by atoms with Crippen molar-refractivity contribution in [1.82, 2.24) is 5.32 Å². The third kappa shape index (κ3) is 4.38. The van der Waals surface area contributed by atoms with E-state index in [1.165, 1.54) is 54.0 Å². The second-order valence-electron chi connectivity index (χ2n) is 12.4. The van der Waals surface area contributed by atoms with Crippen LogP contribution in [0.2, 0.25) is 0 Å². The standard InChI is InChI=1S/C39H34N2S2/c1-2-6-28(7-3-1)41(30-16-19-36-32(23-30)31-8-4-5-9-35(31)42-36)29-14-10-25(11-15-29)27-13-17-37-33(22-27)39-34-24-40-21-20-26(34)12-18-38(39)43-37/h1-6,8-10,12-21,23,25,27-28,33,37,40H,7,11,22,24H2. The van der Waals surface area contributed by atoms with Crippen molar-refractivity contribution in [3.63, 3.8) is 0 Å². The molecule has 4 aromatic rings. The van der Waals surface area contributed by atoms with Gasteiger partial charge in [0.1, 0.15) is 0 Å². The van der Waals surface area contributed by atoms with Gasteiger partial charge in [-0.2, -0.15) is 0 Å². The summed E-state index contributed by atoms with van der Waals surface area (Å²) in [7, 11) is 0. The molecule has 3 heterocycles. The van der Waals surface area contributed by atoms with E-state index in [9.17, 15) is 0 Å². The highest BCUT2D eigenvalue weighted by Gasteiger charge is 2.39. The van der Waals surface area contributed by atoms with Crippen molar-refractivity contribution in [3.8, 4) is 0 Å². The molecule has 4 heteroatoms. The normalized spacial score (nSPS) is 26.7. The first-order valence-electron chi connectivity index (χ1n) is 15.6. The van der Waals surface area contributed by atoms with Crippen LogP contribution < -0.4 is 10.2 Å². The van der Waals surface area contributed by atoms with Crippen molar-refractivity contribution in [2.24, 2.45) is 11.8 Å². The molecule has 212 valence electrons. The second-order valence-corrected chi connectivity index (χ2v) is 14.7. The number of hydrogen-bond donors (Lipinski definition) is 1. The Morgan fingerprint density at radius 3 is 2.67 bits per heavy atom. The Morgan fingerprint density at radius 1 is 0.814 bits per heavy atom. The monoisotopic (exact) mass is 594 g/mol. The summed E-state index contributed by atoms with van der Waals surface area (Å²) in [6, 6.07) is 20.9. The average Bonchev–Trinajstić information content (AvgIpc) is 3.64. The van der Waals surface area contributed by atoms with E-state index in [2.05, 4.69) is 144 Å². The number of benzene rings is 3. The van der Waals surface area contributed by atoms with Crippen molar-refractivity contribution in [3.05, 3.63) is 138 Å². The van der Waals surface area contributed by atoms with E-state index in [-0.39, 0.29) is 0 Å². The summed E-state index contributed by atoms with van der Waals surface area (Å²) in [5.41, 5.74) is 7.15. The number of allylic oxidation sites excluding steroid dienone is 6. The van der Waals surface area contributed by atoms with Gasteiger partial charge < -0.3 is 10.2 Å². The van der Waals surface area contributed by atoms with E-state index in [4.69, 9.17) is 0 Å². The zero-order chi connectivity index (χ0) is 28.3. The minimum Gasteiger partial charge on any atom is -0.387 e. The number of fused-ring (bicyclic) bond motifs is 8. The molecule has 0 amide bonds. The van der Waals surface area contributed by atoms with Crippen LogP contribution in [0.5, 0.6) is 0 Å². The zero-order valence-electron chi connectivity index (χ0n) is 24.0. The fraction of sp³-hybridized carbons (Fsp3) is 0.231. The molecule has 0 saturated carbocycles. The molecule has 3 aromatic carbocycles. The van der Waals surface area contributed by atoms with Crippen LogP contribution in [0.15, 0.2) is 126 Å². The highest BCUT2D eigenvalue weighted by atomic mass is 32.2. The van der Waals surface area contributed by atoms with E-state index in [0.29, 0.717) is 29.0 Å². The third-order valence-electron chi connectivity index (χ3n) is 9.99. The first-order chi connectivity index (χ1) is 21.3. The van der Waals surface area contributed by atoms with Gasteiger partial charge >= 0.3 is 0 Å². The van der Waals surface area contributed by atoms with Gasteiger partial charge in [0, 0.05) is 54.2 Å². The number of anilines is 1. The molecule has 43 heavy (non-hydrogen) atoms. The molecule has 0 radical (unpaired) electrons. The minimum atomic E-state index is 0.316. The molecule has 9 rings (SSSR count). The summed E-state index contributed by atoms with van der Waals surface area (Å²) in [5, 5.41) is 6.77. The first-order valence-corrected chi connectivity index (χ1v) is 17.3. The SMILES string of the molecule is C1=CCC(N(C2=CCC(C3C=CC4Sc5ccc6c(c5C4C3)CNC=C6)C=C2)c2ccc3sc4ccccc4c3c2)C=C1. The maximum Gasteiger partial charge on any atom is 0.0559 e. The van der Waals surface area contributed by atoms with Gasteiger partial charge in [-0.1, -0.05) is 72.9 Å². The number of nitrogens with zero attached hydrogens (tertiary/aromatic N) is 1. The lowest BCUT2D eigenvalue weighted by Gasteiger charge is -2.37. The lowest BCUT2D eigenvalue weighted by molar-refractivity contribution is 0.394. The maximum absolute atomic E-state index is 3.47. The number of thioether (sulfide) groups is 1. The summed E-state index contributed by atoms with van der Waals surface area (Å²) >= 11 is 3.97. The minimum absolute atomic E-state index is 0.316. The van der Waals surface area contributed by atoms with Gasteiger partial charge in [0.2, 0.25) is 0 Å². The predicted molar refractivity (Wildman–Crippen MR) is 186 cm³/mol. The molecule has 1 aromatic heterocycles. The number of thiophene rings is 1. The lowest BCUT2D eigenvalue weighted by atomic mass is 9.73. The Hall–Kier alpha value is -3.73. The van der Waals surface area contributed by atoms with E-state index >= 15 is 0 Å². The Labute approximate surface area is 261 Å². The van der Waals surface area contributed by atoms with Gasteiger partial charge in [0.25, 0.3) is 0 Å². The molecule has 5 atom stereocenters. The molecule has 0 fully saturated rings. The highest BCUT2D eigenvalue weighted by Crippen LogP contribution is 2.54. The highest BCUT2D eigenvalue weighted by molar-refractivity contribution is 8.00. The smallest absolute Gasteiger partial charge is 0.0559 e. The topological polar surface area (TPSA) is 15.3 Å².